The summed E-state index contributed by atoms with van der Waals surface area (Å²) in [5.74, 6) is -0.530. The van der Waals surface area contributed by atoms with Crippen molar-refractivity contribution >= 4 is 23.0 Å². The number of halogens is 3. The number of aryl methyl sites for hydroxylation is 1. The summed E-state index contributed by atoms with van der Waals surface area (Å²) >= 11 is 1.43. The van der Waals surface area contributed by atoms with E-state index in [4.69, 9.17) is 9.84 Å². The van der Waals surface area contributed by atoms with Crippen molar-refractivity contribution in [3.63, 3.8) is 0 Å². The number of anilines is 1. The fourth-order valence-corrected chi connectivity index (χ4v) is 4.00. The first-order chi connectivity index (χ1) is 14.6. The Morgan fingerprint density at radius 3 is 2.48 bits per heavy atom. The number of ether oxygens (including phenoxy) is 1. The lowest BCUT2D eigenvalue weighted by atomic mass is 10.1. The molecule has 0 radical (unpaired) electrons. The Kier molecular flexibility index (Phi) is 6.54. The molecule has 1 heterocycles. The van der Waals surface area contributed by atoms with Crippen molar-refractivity contribution in [2.24, 2.45) is 0 Å². The molecule has 1 aromatic heterocycles. The molecule has 0 fully saturated rings. The topological polar surface area (TPSA) is 62.7 Å². The number of rotatable bonds is 7. The molecule has 0 bridgehead atoms. The Hall–Kier alpha value is -3.07. The van der Waals surface area contributed by atoms with Gasteiger partial charge in [0.15, 0.2) is 6.61 Å². The number of carbonyl (C=O) groups is 1. The maximum Gasteiger partial charge on any atom is 0.416 e. The fourth-order valence-electron chi connectivity index (χ4n) is 2.98. The zero-order valence-electron chi connectivity index (χ0n) is 17.1. The Morgan fingerprint density at radius 1 is 1.23 bits per heavy atom. The molecule has 0 amide bonds. The van der Waals surface area contributed by atoms with Crippen LogP contribution in [0.4, 0.5) is 18.9 Å². The molecule has 1 N–H and O–H groups in total. The third kappa shape index (κ3) is 5.35. The van der Waals surface area contributed by atoms with Gasteiger partial charge in [-0.1, -0.05) is 12.1 Å². The van der Waals surface area contributed by atoms with E-state index >= 15 is 0 Å². The van der Waals surface area contributed by atoms with Crippen molar-refractivity contribution in [1.82, 2.24) is 4.98 Å². The predicted molar refractivity (Wildman–Crippen MR) is 114 cm³/mol. The second-order valence-electron chi connectivity index (χ2n) is 7.06. The molecule has 0 aliphatic carbocycles. The van der Waals surface area contributed by atoms with E-state index in [0.29, 0.717) is 16.3 Å². The number of thiazole rings is 1. The molecule has 0 saturated carbocycles. The van der Waals surface area contributed by atoms with Crippen molar-refractivity contribution in [1.29, 1.82) is 0 Å². The predicted octanol–water partition coefficient (Wildman–Crippen LogP) is 5.80. The number of aliphatic carboxylic acids is 1. The van der Waals surface area contributed by atoms with Crippen molar-refractivity contribution in [3.05, 3.63) is 64.7 Å². The van der Waals surface area contributed by atoms with Crippen molar-refractivity contribution in [3.8, 4) is 16.3 Å². The summed E-state index contributed by atoms with van der Waals surface area (Å²) in [6, 6.07) is 10.4. The lowest BCUT2D eigenvalue weighted by Gasteiger charge is -2.26. The number of hydrogen-bond donors (Lipinski definition) is 1. The number of hydrogen-bond acceptors (Lipinski definition) is 5. The average Bonchev–Trinajstić information content (AvgIpc) is 3.21. The lowest BCUT2D eigenvalue weighted by Crippen LogP contribution is -2.21. The second kappa shape index (κ2) is 8.97. The highest BCUT2D eigenvalue weighted by atomic mass is 32.1. The van der Waals surface area contributed by atoms with Gasteiger partial charge in [-0.05, 0) is 49.7 Å². The van der Waals surface area contributed by atoms with E-state index in [1.165, 1.54) is 23.5 Å². The largest absolute Gasteiger partial charge is 0.482 e. The van der Waals surface area contributed by atoms with Crippen LogP contribution in [0.2, 0.25) is 0 Å². The minimum absolute atomic E-state index is 0.0362. The molecule has 1 unspecified atom stereocenters. The highest BCUT2D eigenvalue weighted by Gasteiger charge is 2.30. The summed E-state index contributed by atoms with van der Waals surface area (Å²) in [5.41, 5.74) is 1.67. The SMILES string of the molecule is Cc1cc(N(C)C(C)c2cnc(-c3ccc(C(F)(F)F)cc3)s2)ccc1OCC(=O)O. The van der Waals surface area contributed by atoms with Crippen LogP contribution in [0, 0.1) is 6.92 Å². The summed E-state index contributed by atoms with van der Waals surface area (Å²) in [6.07, 6.45) is -2.63. The Balaban J connectivity index is 1.75. The van der Waals surface area contributed by atoms with Crippen LogP contribution in [0.1, 0.15) is 29.0 Å². The molecule has 164 valence electrons. The average molecular weight is 450 g/mol. The fraction of sp³-hybridized carbons (Fsp3) is 0.273. The van der Waals surface area contributed by atoms with Gasteiger partial charge in [0.2, 0.25) is 0 Å². The van der Waals surface area contributed by atoms with Gasteiger partial charge >= 0.3 is 12.1 Å². The monoisotopic (exact) mass is 450 g/mol. The van der Waals surface area contributed by atoms with Crippen LogP contribution in [-0.2, 0) is 11.0 Å². The van der Waals surface area contributed by atoms with Crippen LogP contribution in [0.3, 0.4) is 0 Å². The summed E-state index contributed by atoms with van der Waals surface area (Å²) in [6.45, 7) is 3.45. The quantitative estimate of drug-likeness (QED) is 0.493. The van der Waals surface area contributed by atoms with Crippen LogP contribution in [0.5, 0.6) is 5.75 Å². The Bertz CT molecular complexity index is 1060. The smallest absolute Gasteiger partial charge is 0.416 e. The van der Waals surface area contributed by atoms with Crippen LogP contribution in [0.25, 0.3) is 10.6 Å². The number of aromatic nitrogens is 1. The highest BCUT2D eigenvalue weighted by Crippen LogP contribution is 2.36. The molecule has 9 heteroatoms. The van der Waals surface area contributed by atoms with E-state index in [1.807, 2.05) is 37.9 Å². The van der Waals surface area contributed by atoms with E-state index in [0.717, 1.165) is 28.3 Å². The van der Waals surface area contributed by atoms with Gasteiger partial charge in [0.25, 0.3) is 0 Å². The van der Waals surface area contributed by atoms with E-state index in [-0.39, 0.29) is 6.04 Å². The summed E-state index contributed by atoms with van der Waals surface area (Å²) in [5, 5.41) is 9.40. The molecule has 1 atom stereocenters. The van der Waals surface area contributed by atoms with Crippen molar-refractivity contribution < 1.29 is 27.8 Å². The minimum Gasteiger partial charge on any atom is -0.482 e. The van der Waals surface area contributed by atoms with Crippen molar-refractivity contribution in [2.75, 3.05) is 18.6 Å². The van der Waals surface area contributed by atoms with Gasteiger partial charge in [0, 0.05) is 29.4 Å². The maximum atomic E-state index is 12.8. The number of alkyl halides is 3. The zero-order valence-corrected chi connectivity index (χ0v) is 17.9. The number of nitrogens with zero attached hydrogens (tertiary/aromatic N) is 2. The Morgan fingerprint density at radius 2 is 1.90 bits per heavy atom. The van der Waals surface area contributed by atoms with Crippen molar-refractivity contribution in [2.45, 2.75) is 26.1 Å². The summed E-state index contributed by atoms with van der Waals surface area (Å²) in [7, 11) is 1.93. The molecule has 0 aliphatic rings. The summed E-state index contributed by atoms with van der Waals surface area (Å²) < 4.78 is 43.5. The first-order valence-corrected chi connectivity index (χ1v) is 10.2. The van der Waals surface area contributed by atoms with Gasteiger partial charge in [0.1, 0.15) is 10.8 Å². The van der Waals surface area contributed by atoms with E-state index in [2.05, 4.69) is 4.98 Å². The van der Waals surface area contributed by atoms with Gasteiger partial charge in [-0.2, -0.15) is 13.2 Å². The van der Waals surface area contributed by atoms with Gasteiger partial charge < -0.3 is 14.7 Å². The molecule has 0 aliphatic heterocycles. The van der Waals surface area contributed by atoms with E-state index in [9.17, 15) is 18.0 Å². The third-order valence-corrected chi connectivity index (χ3v) is 6.11. The molecule has 0 spiro atoms. The van der Waals surface area contributed by atoms with Crippen LogP contribution in [0.15, 0.2) is 48.7 Å². The molecule has 3 aromatic rings. The van der Waals surface area contributed by atoms with Gasteiger partial charge in [-0.3, -0.25) is 0 Å². The molecule has 5 nitrogen and oxygen atoms in total. The lowest BCUT2D eigenvalue weighted by molar-refractivity contribution is -0.139. The molecular formula is C22H21F3N2O3S. The van der Waals surface area contributed by atoms with E-state index in [1.54, 1.807) is 12.3 Å². The number of carboxylic acid groups (broad SMARTS) is 1. The number of benzene rings is 2. The van der Waals surface area contributed by atoms with Gasteiger partial charge in [-0.25, -0.2) is 9.78 Å². The summed E-state index contributed by atoms with van der Waals surface area (Å²) in [4.78, 5) is 18.1. The Labute approximate surface area is 181 Å². The second-order valence-corrected chi connectivity index (χ2v) is 8.12. The maximum absolute atomic E-state index is 12.8. The molecule has 31 heavy (non-hydrogen) atoms. The molecule has 0 saturated heterocycles. The third-order valence-electron chi connectivity index (χ3n) is 4.89. The molecule has 2 aromatic carbocycles. The minimum atomic E-state index is -4.36. The zero-order chi connectivity index (χ0) is 22.8. The first-order valence-electron chi connectivity index (χ1n) is 9.37. The van der Waals surface area contributed by atoms with Crippen LogP contribution in [-0.4, -0.2) is 29.7 Å². The normalized spacial score (nSPS) is 12.5. The molecular weight excluding hydrogens is 429 g/mol. The van der Waals surface area contributed by atoms with Gasteiger partial charge in [0.05, 0.1) is 11.6 Å². The number of carboxylic acids is 1. The standard InChI is InChI=1S/C22H21F3N2O3S/c1-13-10-17(8-9-18(13)30-12-20(28)29)27(3)14(2)19-11-26-21(31-19)15-4-6-16(7-5-15)22(23,24)25/h4-11,14H,12H2,1-3H3,(H,28,29). The molecule has 3 rings (SSSR count). The van der Waals surface area contributed by atoms with E-state index < -0.39 is 24.3 Å². The first kappa shape index (κ1) is 22.6. The van der Waals surface area contributed by atoms with Crippen LogP contribution < -0.4 is 9.64 Å². The van der Waals surface area contributed by atoms with Crippen LogP contribution >= 0.6 is 11.3 Å². The van der Waals surface area contributed by atoms with Gasteiger partial charge in [-0.15, -0.1) is 11.3 Å². The highest BCUT2D eigenvalue weighted by molar-refractivity contribution is 7.15.